The van der Waals surface area contributed by atoms with Gasteiger partial charge in [0.15, 0.2) is 0 Å². The molecule has 1 aromatic heterocycles. The summed E-state index contributed by atoms with van der Waals surface area (Å²) in [4.78, 5) is 17.2. The van der Waals surface area contributed by atoms with E-state index in [2.05, 4.69) is 15.2 Å². The van der Waals surface area contributed by atoms with Crippen LogP contribution in [-0.2, 0) is 13.1 Å². The van der Waals surface area contributed by atoms with Gasteiger partial charge in [-0.3, -0.25) is 10.2 Å². The van der Waals surface area contributed by atoms with Crippen molar-refractivity contribution in [2.75, 3.05) is 5.32 Å². The zero-order valence-corrected chi connectivity index (χ0v) is 8.81. The van der Waals surface area contributed by atoms with Gasteiger partial charge in [-0.15, -0.1) is 0 Å². The Hall–Kier alpha value is -1.62. The Labute approximate surface area is 93.1 Å². The predicted octanol–water partition coefficient (Wildman–Crippen LogP) is 1.65. The fraction of sp³-hybridized carbons (Fsp3) is 0.455. The minimum absolute atomic E-state index is 0.420. The van der Waals surface area contributed by atoms with Crippen molar-refractivity contribution in [3.05, 3.63) is 23.4 Å². The highest BCUT2D eigenvalue weighted by Crippen LogP contribution is 2.34. The summed E-state index contributed by atoms with van der Waals surface area (Å²) in [5.74, 6) is 0.420. The highest BCUT2D eigenvalue weighted by atomic mass is 16.4. The number of carboxylic acid groups (broad SMARTS) is 1. The quantitative estimate of drug-likeness (QED) is 0.793. The van der Waals surface area contributed by atoms with Crippen LogP contribution in [0.4, 0.5) is 10.6 Å². The number of nitrogens with one attached hydrogen (secondary N) is 1. The van der Waals surface area contributed by atoms with E-state index in [9.17, 15) is 4.79 Å². The van der Waals surface area contributed by atoms with Gasteiger partial charge in [0.2, 0.25) is 0 Å². The zero-order chi connectivity index (χ0) is 11.1. The van der Waals surface area contributed by atoms with Gasteiger partial charge < -0.3 is 5.11 Å². The van der Waals surface area contributed by atoms with E-state index in [1.54, 1.807) is 6.07 Å². The number of hydrogen-bond donors (Lipinski definition) is 2. The Bertz CT molecular complexity index is 443. The molecule has 0 spiro atoms. The van der Waals surface area contributed by atoms with Crippen LogP contribution in [0.1, 0.15) is 24.1 Å². The van der Waals surface area contributed by atoms with E-state index in [1.165, 1.54) is 18.4 Å². The number of anilines is 1. The van der Waals surface area contributed by atoms with E-state index in [0.29, 0.717) is 5.82 Å². The molecule has 2 N–H and O–H groups in total. The number of rotatable bonds is 2. The molecular weight excluding hydrogens is 206 g/mol. The second-order valence-electron chi connectivity index (χ2n) is 4.37. The van der Waals surface area contributed by atoms with Crippen LogP contribution in [-0.4, -0.2) is 27.1 Å². The molecule has 1 saturated carbocycles. The van der Waals surface area contributed by atoms with Crippen molar-refractivity contribution < 1.29 is 9.90 Å². The van der Waals surface area contributed by atoms with Crippen molar-refractivity contribution in [3.63, 3.8) is 0 Å². The van der Waals surface area contributed by atoms with E-state index in [0.717, 1.165) is 24.8 Å². The zero-order valence-electron chi connectivity index (χ0n) is 8.81. The molecule has 0 bridgehead atoms. The summed E-state index contributed by atoms with van der Waals surface area (Å²) in [5.41, 5.74) is 2.24. The van der Waals surface area contributed by atoms with Crippen LogP contribution in [0.15, 0.2) is 12.1 Å². The fourth-order valence-corrected chi connectivity index (χ4v) is 2.16. The first-order valence-corrected chi connectivity index (χ1v) is 5.45. The maximum atomic E-state index is 10.5. The van der Waals surface area contributed by atoms with Crippen molar-refractivity contribution in [2.45, 2.75) is 32.0 Å². The van der Waals surface area contributed by atoms with E-state index in [4.69, 9.17) is 5.11 Å². The average molecular weight is 219 g/mol. The number of hydrogen-bond acceptors (Lipinski definition) is 3. The van der Waals surface area contributed by atoms with Crippen LogP contribution in [0, 0.1) is 0 Å². The van der Waals surface area contributed by atoms with Crippen LogP contribution in [0.2, 0.25) is 0 Å². The van der Waals surface area contributed by atoms with Crippen molar-refractivity contribution in [1.29, 1.82) is 0 Å². The lowest BCUT2D eigenvalue weighted by Gasteiger charge is -2.11. The number of aromatic nitrogens is 1. The second kappa shape index (κ2) is 3.45. The van der Waals surface area contributed by atoms with E-state index in [-0.39, 0.29) is 0 Å². The first-order valence-electron chi connectivity index (χ1n) is 5.45. The molecule has 5 nitrogen and oxygen atoms in total. The Balaban J connectivity index is 1.79. The van der Waals surface area contributed by atoms with Gasteiger partial charge in [-0.25, -0.2) is 9.78 Å². The number of nitrogens with zero attached hydrogens (tertiary/aromatic N) is 2. The molecule has 1 aliphatic carbocycles. The Morgan fingerprint density at radius 1 is 1.44 bits per heavy atom. The third-order valence-electron chi connectivity index (χ3n) is 3.09. The van der Waals surface area contributed by atoms with Gasteiger partial charge in [-0.2, -0.15) is 0 Å². The average Bonchev–Trinajstić information content (AvgIpc) is 2.98. The minimum atomic E-state index is -1.07. The van der Waals surface area contributed by atoms with Crippen LogP contribution < -0.4 is 5.32 Å². The summed E-state index contributed by atoms with van der Waals surface area (Å²) in [6, 6.07) is 4.42. The topological polar surface area (TPSA) is 65.5 Å². The lowest BCUT2D eigenvalue weighted by molar-refractivity contribution is 0.209. The van der Waals surface area contributed by atoms with Gasteiger partial charge in [0.05, 0.1) is 5.69 Å². The van der Waals surface area contributed by atoms with Gasteiger partial charge >= 0.3 is 6.09 Å². The van der Waals surface area contributed by atoms with Gasteiger partial charge in [-0.1, -0.05) is 6.07 Å². The van der Waals surface area contributed by atoms with Crippen molar-refractivity contribution in [2.24, 2.45) is 0 Å². The molecule has 3 rings (SSSR count). The molecule has 2 aliphatic rings. The summed E-state index contributed by atoms with van der Waals surface area (Å²) < 4.78 is 0. The second-order valence-corrected chi connectivity index (χ2v) is 4.37. The SMILES string of the molecule is O=C(O)Nc1ccc2c(n1)CN(C1CC1)C2. The van der Waals surface area contributed by atoms with Crippen molar-refractivity contribution in [1.82, 2.24) is 9.88 Å². The van der Waals surface area contributed by atoms with Crippen LogP contribution in [0.5, 0.6) is 0 Å². The maximum absolute atomic E-state index is 10.5. The lowest BCUT2D eigenvalue weighted by Crippen LogP contribution is -2.18. The molecule has 1 fully saturated rings. The molecule has 5 heteroatoms. The highest BCUT2D eigenvalue weighted by molar-refractivity contribution is 5.81. The number of fused-ring (bicyclic) bond motifs is 1. The molecule has 0 aromatic carbocycles. The largest absolute Gasteiger partial charge is 0.465 e. The normalized spacial score (nSPS) is 19.5. The van der Waals surface area contributed by atoms with Gasteiger partial charge in [0.25, 0.3) is 0 Å². The Kier molecular flexibility index (Phi) is 2.07. The fourth-order valence-electron chi connectivity index (χ4n) is 2.16. The molecule has 84 valence electrons. The number of pyridine rings is 1. The highest BCUT2D eigenvalue weighted by Gasteiger charge is 2.33. The first-order chi connectivity index (χ1) is 7.72. The summed E-state index contributed by atoms with van der Waals surface area (Å²) in [6.07, 6.45) is 1.51. The molecule has 0 saturated heterocycles. The van der Waals surface area contributed by atoms with Crippen LogP contribution >= 0.6 is 0 Å². The third-order valence-corrected chi connectivity index (χ3v) is 3.09. The van der Waals surface area contributed by atoms with Crippen molar-refractivity contribution >= 4 is 11.9 Å². The van der Waals surface area contributed by atoms with Crippen LogP contribution in [0.3, 0.4) is 0 Å². The number of amides is 1. The summed E-state index contributed by atoms with van der Waals surface area (Å²) in [5, 5.41) is 10.9. The molecule has 16 heavy (non-hydrogen) atoms. The predicted molar refractivity (Wildman–Crippen MR) is 58.2 cm³/mol. The molecule has 1 aliphatic heterocycles. The summed E-state index contributed by atoms with van der Waals surface area (Å²) in [6.45, 7) is 1.81. The Morgan fingerprint density at radius 2 is 2.25 bits per heavy atom. The molecule has 1 aromatic rings. The van der Waals surface area contributed by atoms with Gasteiger partial charge in [0.1, 0.15) is 5.82 Å². The number of carbonyl (C=O) groups is 1. The molecule has 0 radical (unpaired) electrons. The van der Waals surface area contributed by atoms with Crippen LogP contribution in [0.25, 0.3) is 0 Å². The van der Waals surface area contributed by atoms with Gasteiger partial charge in [0, 0.05) is 19.1 Å². The first kappa shape index (κ1) is 9.59. The van der Waals surface area contributed by atoms with E-state index < -0.39 is 6.09 Å². The molecule has 1 amide bonds. The standard InChI is InChI=1S/C11H13N3O2/c15-11(16)13-10-4-1-7-5-14(8-2-3-8)6-9(7)12-10/h1,4,8H,2-3,5-6H2,(H,12,13)(H,15,16). The Morgan fingerprint density at radius 3 is 2.94 bits per heavy atom. The monoisotopic (exact) mass is 219 g/mol. The molecular formula is C11H13N3O2. The molecule has 0 unspecified atom stereocenters. The van der Waals surface area contributed by atoms with Crippen molar-refractivity contribution in [3.8, 4) is 0 Å². The van der Waals surface area contributed by atoms with E-state index in [1.807, 2.05) is 6.07 Å². The summed E-state index contributed by atoms with van der Waals surface area (Å²) >= 11 is 0. The molecule has 0 atom stereocenters. The summed E-state index contributed by atoms with van der Waals surface area (Å²) in [7, 11) is 0. The maximum Gasteiger partial charge on any atom is 0.410 e. The van der Waals surface area contributed by atoms with Gasteiger partial charge in [-0.05, 0) is 24.5 Å². The smallest absolute Gasteiger partial charge is 0.410 e. The third kappa shape index (κ3) is 1.74. The minimum Gasteiger partial charge on any atom is -0.465 e. The van der Waals surface area contributed by atoms with E-state index >= 15 is 0 Å². The lowest BCUT2D eigenvalue weighted by atomic mass is 10.2. The molecule has 2 heterocycles.